The van der Waals surface area contributed by atoms with Gasteiger partial charge in [0.25, 0.3) is 0 Å². The van der Waals surface area contributed by atoms with Gasteiger partial charge >= 0.3 is 15.6 Å². The fourth-order valence-electron chi connectivity index (χ4n) is 0.625. The third kappa shape index (κ3) is 12.0. The molecule has 0 aliphatic heterocycles. The average molecular weight is 422 g/mol. The first kappa shape index (κ1) is 18.2. The van der Waals surface area contributed by atoms with Gasteiger partial charge in [-0.15, -0.1) is 0 Å². The highest BCUT2D eigenvalue weighted by atomic mass is 79.9. The van der Waals surface area contributed by atoms with Crippen molar-refractivity contribution in [3.8, 4) is 0 Å². The smallest absolute Gasteiger partial charge is 0.378 e. The van der Waals surface area contributed by atoms with Crippen LogP contribution in [0.3, 0.4) is 0 Å². The number of hydrogen-bond acceptors (Lipinski definition) is 5. The van der Waals surface area contributed by atoms with Crippen LogP contribution < -0.4 is 0 Å². The summed E-state index contributed by atoms with van der Waals surface area (Å²) in [6.45, 7) is 0.0175. The maximum atomic E-state index is 10.9. The topological polar surface area (TPSA) is 123 Å². The molecule has 0 aliphatic rings. The Labute approximate surface area is 115 Å². The van der Waals surface area contributed by atoms with Crippen molar-refractivity contribution in [3.05, 3.63) is 0 Å². The molecule has 2 atom stereocenters. The third-order valence-electron chi connectivity index (χ3n) is 1.16. The minimum absolute atomic E-state index is 0.00975. The van der Waals surface area contributed by atoms with E-state index in [0.717, 1.165) is 0 Å². The van der Waals surface area contributed by atoms with Crippen LogP contribution >= 0.6 is 47.5 Å². The largest absolute Gasteiger partial charge is 0.481 e. The molecule has 0 spiro atoms. The number of rotatable bonds is 9. The van der Waals surface area contributed by atoms with Crippen LogP contribution in [0.5, 0.6) is 0 Å². The molecule has 3 N–H and O–H groups in total. The van der Waals surface area contributed by atoms with Crippen molar-refractivity contribution in [1.82, 2.24) is 0 Å². The second-order valence-electron chi connectivity index (χ2n) is 2.70. The van der Waals surface area contributed by atoms with Gasteiger partial charge in [0.2, 0.25) is 0 Å². The van der Waals surface area contributed by atoms with Crippen LogP contribution in [0.4, 0.5) is 0 Å². The molecule has 104 valence electrons. The molecule has 12 heteroatoms. The number of hydrogen-bond donors (Lipinski definition) is 3. The van der Waals surface area contributed by atoms with Gasteiger partial charge in [-0.2, -0.15) is 4.31 Å². The Morgan fingerprint density at radius 3 is 2.24 bits per heavy atom. The SMILES string of the molecule is O=P(O)(O)OP(=O)(O)OCCOCC(Br)CBr. The van der Waals surface area contributed by atoms with Crippen LogP contribution in [0.15, 0.2) is 0 Å². The molecule has 0 aromatic rings. The minimum Gasteiger partial charge on any atom is -0.378 e. The molecule has 0 saturated carbocycles. The van der Waals surface area contributed by atoms with Crippen molar-refractivity contribution in [2.45, 2.75) is 4.83 Å². The fourth-order valence-corrected chi connectivity index (χ4v) is 2.57. The molecule has 2 unspecified atom stereocenters. The van der Waals surface area contributed by atoms with Crippen LogP contribution in [0.1, 0.15) is 0 Å². The van der Waals surface area contributed by atoms with Gasteiger partial charge in [-0.1, -0.05) is 31.9 Å². The first-order valence-corrected chi connectivity index (χ1v) is 9.24. The van der Waals surface area contributed by atoms with E-state index in [0.29, 0.717) is 11.9 Å². The average Bonchev–Trinajstić information content (AvgIpc) is 2.12. The Balaban J connectivity index is 3.74. The lowest BCUT2D eigenvalue weighted by Gasteiger charge is -2.12. The highest BCUT2D eigenvalue weighted by Gasteiger charge is 2.32. The lowest BCUT2D eigenvalue weighted by Crippen LogP contribution is -2.13. The normalized spacial score (nSPS) is 17.7. The summed E-state index contributed by atoms with van der Waals surface area (Å²) in [6.07, 6.45) is 0. The summed E-state index contributed by atoms with van der Waals surface area (Å²) in [7, 11) is -9.80. The van der Waals surface area contributed by atoms with Gasteiger partial charge in [-0.25, -0.2) is 9.13 Å². The summed E-state index contributed by atoms with van der Waals surface area (Å²) in [6, 6.07) is 0. The van der Waals surface area contributed by atoms with Gasteiger partial charge in [0.1, 0.15) is 0 Å². The molecule has 0 aliphatic carbocycles. The molecular formula is C5H12Br2O8P2. The van der Waals surface area contributed by atoms with Crippen molar-refractivity contribution in [1.29, 1.82) is 0 Å². The van der Waals surface area contributed by atoms with E-state index < -0.39 is 15.6 Å². The van der Waals surface area contributed by atoms with Crippen molar-refractivity contribution >= 4 is 47.5 Å². The second-order valence-corrected chi connectivity index (χ2v) is 7.47. The number of halogens is 2. The van der Waals surface area contributed by atoms with E-state index >= 15 is 0 Å². The van der Waals surface area contributed by atoms with Crippen molar-refractivity contribution in [2.24, 2.45) is 0 Å². The van der Waals surface area contributed by atoms with Crippen LogP contribution in [0.25, 0.3) is 0 Å². The summed E-state index contributed by atoms with van der Waals surface area (Å²) in [5, 5.41) is 0.674. The van der Waals surface area contributed by atoms with Gasteiger partial charge in [-0.05, 0) is 0 Å². The van der Waals surface area contributed by atoms with Crippen LogP contribution in [-0.2, 0) is 22.7 Å². The summed E-state index contributed by atoms with van der Waals surface area (Å²) in [4.78, 5) is 25.5. The standard InChI is InChI=1S/C5H12Br2O8P2/c6-3-5(7)4-13-1-2-14-17(11,12)15-16(8,9)10/h5H,1-4H2,(H,11,12)(H2,8,9,10). The van der Waals surface area contributed by atoms with Crippen LogP contribution in [0, 0.1) is 0 Å². The van der Waals surface area contributed by atoms with Crippen molar-refractivity contribution in [2.75, 3.05) is 25.2 Å². The Bertz CT molecular complexity index is 306. The maximum absolute atomic E-state index is 10.9. The number of alkyl halides is 2. The zero-order valence-corrected chi connectivity index (χ0v) is 13.4. The molecule has 0 aromatic heterocycles. The zero-order valence-electron chi connectivity index (χ0n) is 8.44. The van der Waals surface area contributed by atoms with Gasteiger partial charge in [-0.3, -0.25) is 4.52 Å². The Morgan fingerprint density at radius 2 is 1.76 bits per heavy atom. The first-order valence-electron chi connectivity index (χ1n) is 4.18. The predicted molar refractivity (Wildman–Crippen MR) is 66.2 cm³/mol. The van der Waals surface area contributed by atoms with E-state index in [1.807, 2.05) is 0 Å². The van der Waals surface area contributed by atoms with E-state index in [1.54, 1.807) is 0 Å². The molecule has 0 bridgehead atoms. The number of phosphoric ester groups is 1. The highest BCUT2D eigenvalue weighted by molar-refractivity contribution is 9.12. The van der Waals surface area contributed by atoms with Crippen molar-refractivity contribution in [3.63, 3.8) is 0 Å². The first-order chi connectivity index (χ1) is 7.66. The monoisotopic (exact) mass is 420 g/mol. The Kier molecular flexibility index (Phi) is 8.95. The molecule has 17 heavy (non-hydrogen) atoms. The van der Waals surface area contributed by atoms with Gasteiger partial charge in [0, 0.05) is 10.2 Å². The van der Waals surface area contributed by atoms with Gasteiger partial charge < -0.3 is 19.4 Å². The molecule has 0 heterocycles. The molecule has 0 amide bonds. The molecular weight excluding hydrogens is 410 g/mol. The molecule has 0 radical (unpaired) electrons. The fraction of sp³-hybridized carbons (Fsp3) is 1.00. The van der Waals surface area contributed by atoms with Crippen LogP contribution in [-0.4, -0.2) is 44.7 Å². The van der Waals surface area contributed by atoms with E-state index in [2.05, 4.69) is 40.7 Å². The van der Waals surface area contributed by atoms with Crippen molar-refractivity contribution < 1.29 is 37.4 Å². The predicted octanol–water partition coefficient (Wildman–Crippen LogP) is 1.39. The zero-order chi connectivity index (χ0) is 13.5. The lowest BCUT2D eigenvalue weighted by molar-refractivity contribution is 0.0876. The highest BCUT2D eigenvalue weighted by Crippen LogP contribution is 2.57. The van der Waals surface area contributed by atoms with E-state index in [4.69, 9.17) is 19.4 Å². The Hall–Kier alpha value is 1.18. The number of phosphoric acid groups is 2. The minimum atomic E-state index is -5.06. The summed E-state index contributed by atoms with van der Waals surface area (Å²) < 4.78 is 34.1. The lowest BCUT2D eigenvalue weighted by atomic mass is 10.5. The molecule has 0 aromatic carbocycles. The number of ether oxygens (including phenoxy) is 1. The van der Waals surface area contributed by atoms with E-state index in [9.17, 15) is 9.13 Å². The van der Waals surface area contributed by atoms with E-state index in [1.165, 1.54) is 0 Å². The molecule has 0 saturated heterocycles. The second kappa shape index (κ2) is 8.37. The maximum Gasteiger partial charge on any atom is 0.481 e. The summed E-state index contributed by atoms with van der Waals surface area (Å²) >= 11 is 6.46. The van der Waals surface area contributed by atoms with Gasteiger partial charge in [0.05, 0.1) is 19.8 Å². The molecule has 0 fully saturated rings. The van der Waals surface area contributed by atoms with E-state index in [-0.39, 0.29) is 18.0 Å². The Morgan fingerprint density at radius 1 is 1.18 bits per heavy atom. The summed E-state index contributed by atoms with van der Waals surface area (Å²) in [5.74, 6) is 0. The quantitative estimate of drug-likeness (QED) is 0.290. The van der Waals surface area contributed by atoms with Crippen LogP contribution in [0.2, 0.25) is 0 Å². The molecule has 0 rings (SSSR count). The third-order valence-corrected chi connectivity index (χ3v) is 5.58. The molecule has 8 nitrogen and oxygen atoms in total. The van der Waals surface area contributed by atoms with Gasteiger partial charge in [0.15, 0.2) is 0 Å². The summed E-state index contributed by atoms with van der Waals surface area (Å²) in [5.41, 5.74) is 0.